The Hall–Kier alpha value is -4.51. The van der Waals surface area contributed by atoms with Crippen LogP contribution in [0.2, 0.25) is 0 Å². The van der Waals surface area contributed by atoms with Gasteiger partial charge in [-0.2, -0.15) is 0 Å². The molecule has 0 bridgehead atoms. The Balaban J connectivity index is 1.65. The van der Waals surface area contributed by atoms with Crippen molar-refractivity contribution in [2.24, 2.45) is 0 Å². The Morgan fingerprint density at radius 2 is 2.08 bits per heavy atom. The molecule has 37 heavy (non-hydrogen) atoms. The molecule has 0 saturated heterocycles. The van der Waals surface area contributed by atoms with Gasteiger partial charge in [0.05, 0.1) is 36.1 Å². The summed E-state index contributed by atoms with van der Waals surface area (Å²) in [6.45, 7) is 2.93. The SMILES string of the molecule is CC[C@@]1(O)C(=O)OCc2c1cc1n(c2=O)Cc2cc3c(N)c(C=C(NC(C)=O)C(=O)OC)ccc3nc2-1. The van der Waals surface area contributed by atoms with Crippen LogP contribution in [0.25, 0.3) is 28.4 Å². The van der Waals surface area contributed by atoms with E-state index in [0.29, 0.717) is 33.5 Å². The van der Waals surface area contributed by atoms with Crippen LogP contribution in [0.4, 0.5) is 5.69 Å². The molecule has 0 saturated carbocycles. The number of nitrogens with zero attached hydrogens (tertiary/aromatic N) is 2. The summed E-state index contributed by atoms with van der Waals surface area (Å²) < 4.78 is 11.4. The standard InChI is InChI=1S/C26H24N4O7/c1-4-26(35)17-9-20-22-14(10-30(20)23(32)16(17)11-37-25(26)34)7-15-18(29-22)6-5-13(21(15)27)8-19(24(33)36-3)28-12(2)31/h5-9,35H,4,10-11,27H2,1-3H3,(H,28,31)/t26-/m0/s1. The normalized spacial score (nSPS) is 18.1. The van der Waals surface area contributed by atoms with Crippen LogP contribution in [0.3, 0.4) is 0 Å². The third-order valence-electron chi connectivity index (χ3n) is 6.78. The molecule has 1 amide bonds. The lowest BCUT2D eigenvalue weighted by molar-refractivity contribution is -0.172. The number of pyridine rings is 2. The zero-order valence-electron chi connectivity index (χ0n) is 20.4. The van der Waals surface area contributed by atoms with Gasteiger partial charge in [-0.3, -0.25) is 9.59 Å². The third-order valence-corrected chi connectivity index (χ3v) is 6.78. The van der Waals surface area contributed by atoms with Gasteiger partial charge in [0.15, 0.2) is 5.60 Å². The Morgan fingerprint density at radius 3 is 2.76 bits per heavy atom. The molecule has 5 rings (SSSR count). The number of nitrogen functional groups attached to an aromatic ring is 1. The summed E-state index contributed by atoms with van der Waals surface area (Å²) >= 11 is 0. The van der Waals surface area contributed by atoms with Crippen LogP contribution < -0.4 is 16.6 Å². The number of rotatable bonds is 4. The molecule has 4 N–H and O–H groups in total. The summed E-state index contributed by atoms with van der Waals surface area (Å²) in [6, 6.07) is 6.82. The van der Waals surface area contributed by atoms with E-state index in [2.05, 4.69) is 5.32 Å². The highest BCUT2D eigenvalue weighted by Crippen LogP contribution is 2.39. The molecule has 1 aromatic carbocycles. The van der Waals surface area contributed by atoms with E-state index < -0.39 is 23.4 Å². The molecule has 2 aliphatic heterocycles. The molecule has 0 radical (unpaired) electrons. The van der Waals surface area contributed by atoms with Crippen LogP contribution in [0.15, 0.2) is 34.8 Å². The van der Waals surface area contributed by atoms with Gasteiger partial charge in [-0.1, -0.05) is 13.0 Å². The van der Waals surface area contributed by atoms with Gasteiger partial charge in [-0.05, 0) is 30.7 Å². The van der Waals surface area contributed by atoms with Gasteiger partial charge in [-0.25, -0.2) is 14.6 Å². The minimum atomic E-state index is -1.90. The number of fused-ring (bicyclic) bond motifs is 5. The number of carbonyl (C=O) groups excluding carboxylic acids is 3. The summed E-state index contributed by atoms with van der Waals surface area (Å²) in [4.78, 5) is 54.0. The van der Waals surface area contributed by atoms with Crippen molar-refractivity contribution in [2.75, 3.05) is 12.8 Å². The fourth-order valence-electron chi connectivity index (χ4n) is 4.82. The van der Waals surface area contributed by atoms with Gasteiger partial charge in [0.1, 0.15) is 12.3 Å². The molecule has 0 unspecified atom stereocenters. The minimum absolute atomic E-state index is 0.0542. The molecule has 190 valence electrons. The zero-order valence-corrected chi connectivity index (χ0v) is 20.4. The molecular weight excluding hydrogens is 480 g/mol. The van der Waals surface area contributed by atoms with Gasteiger partial charge in [0, 0.05) is 34.7 Å². The number of anilines is 1. The predicted molar refractivity (Wildman–Crippen MR) is 133 cm³/mol. The number of aliphatic hydroxyl groups is 1. The van der Waals surface area contributed by atoms with Crippen molar-refractivity contribution in [3.8, 4) is 11.4 Å². The topological polar surface area (TPSA) is 163 Å². The number of amides is 1. The van der Waals surface area contributed by atoms with Crippen molar-refractivity contribution < 1.29 is 29.0 Å². The van der Waals surface area contributed by atoms with E-state index in [1.807, 2.05) is 6.07 Å². The highest BCUT2D eigenvalue weighted by atomic mass is 16.6. The number of nitrogens with two attached hydrogens (primary N) is 1. The average Bonchev–Trinajstić information content (AvgIpc) is 3.24. The molecule has 0 aliphatic carbocycles. The maximum atomic E-state index is 13.3. The van der Waals surface area contributed by atoms with E-state index in [-0.39, 0.29) is 42.0 Å². The van der Waals surface area contributed by atoms with E-state index in [1.165, 1.54) is 24.7 Å². The first-order valence-corrected chi connectivity index (χ1v) is 11.6. The van der Waals surface area contributed by atoms with Crippen LogP contribution in [0.1, 0.15) is 42.5 Å². The van der Waals surface area contributed by atoms with E-state index in [9.17, 15) is 24.3 Å². The second-order valence-corrected chi connectivity index (χ2v) is 8.97. The highest BCUT2D eigenvalue weighted by Gasteiger charge is 2.45. The number of aromatic nitrogens is 2. The molecule has 2 aromatic heterocycles. The van der Waals surface area contributed by atoms with Crippen molar-refractivity contribution in [3.63, 3.8) is 0 Å². The van der Waals surface area contributed by atoms with Crippen molar-refractivity contribution in [1.82, 2.24) is 14.9 Å². The van der Waals surface area contributed by atoms with E-state index in [1.54, 1.807) is 25.1 Å². The maximum Gasteiger partial charge on any atom is 0.354 e. The third kappa shape index (κ3) is 3.66. The highest BCUT2D eigenvalue weighted by molar-refractivity contribution is 6.02. The number of hydrogen-bond donors (Lipinski definition) is 3. The lowest BCUT2D eigenvalue weighted by Gasteiger charge is -2.31. The average molecular weight is 504 g/mol. The second-order valence-electron chi connectivity index (χ2n) is 8.97. The quantitative estimate of drug-likeness (QED) is 0.211. The van der Waals surface area contributed by atoms with Crippen LogP contribution in [0.5, 0.6) is 0 Å². The van der Waals surface area contributed by atoms with Gasteiger partial charge in [0.2, 0.25) is 5.91 Å². The molecule has 0 fully saturated rings. The van der Waals surface area contributed by atoms with Crippen LogP contribution in [-0.4, -0.2) is 39.6 Å². The first-order valence-electron chi connectivity index (χ1n) is 11.6. The molecule has 1 atom stereocenters. The molecule has 11 nitrogen and oxygen atoms in total. The van der Waals surface area contributed by atoms with Crippen molar-refractivity contribution >= 4 is 40.5 Å². The number of benzene rings is 1. The van der Waals surface area contributed by atoms with Crippen LogP contribution in [-0.2, 0) is 42.6 Å². The number of nitrogens with one attached hydrogen (secondary N) is 1. The molecule has 11 heteroatoms. The van der Waals surface area contributed by atoms with Crippen molar-refractivity contribution in [2.45, 2.75) is 39.0 Å². The van der Waals surface area contributed by atoms with E-state index >= 15 is 0 Å². The number of esters is 2. The fraction of sp³-hybridized carbons (Fsp3) is 0.269. The molecule has 4 heterocycles. The Labute approximate surface area is 210 Å². The first kappa shape index (κ1) is 24.2. The molecule has 3 aromatic rings. The fourth-order valence-corrected chi connectivity index (χ4v) is 4.82. The minimum Gasteiger partial charge on any atom is -0.464 e. The van der Waals surface area contributed by atoms with E-state index in [4.69, 9.17) is 20.2 Å². The zero-order chi connectivity index (χ0) is 26.6. The maximum absolute atomic E-state index is 13.3. The Kier molecular flexibility index (Phi) is 5.60. The number of carbonyl (C=O) groups is 3. The summed E-state index contributed by atoms with van der Waals surface area (Å²) in [5.74, 6) is -1.95. The first-order chi connectivity index (χ1) is 17.6. The summed E-state index contributed by atoms with van der Waals surface area (Å²) in [5.41, 5.74) is 7.67. The van der Waals surface area contributed by atoms with E-state index in [0.717, 1.165) is 5.56 Å². The largest absolute Gasteiger partial charge is 0.464 e. The Morgan fingerprint density at radius 1 is 1.32 bits per heavy atom. The number of cyclic esters (lactones) is 1. The van der Waals surface area contributed by atoms with Crippen molar-refractivity contribution in [3.05, 3.63) is 62.6 Å². The van der Waals surface area contributed by atoms with Crippen molar-refractivity contribution in [1.29, 1.82) is 0 Å². The number of hydrogen-bond acceptors (Lipinski definition) is 9. The molecule has 0 spiro atoms. The lowest BCUT2D eigenvalue weighted by Crippen LogP contribution is -2.44. The number of methoxy groups -OCH3 is 1. The summed E-state index contributed by atoms with van der Waals surface area (Å²) in [7, 11) is 1.20. The monoisotopic (exact) mass is 504 g/mol. The summed E-state index contributed by atoms with van der Waals surface area (Å²) in [6.07, 6.45) is 1.48. The predicted octanol–water partition coefficient (Wildman–Crippen LogP) is 1.31. The number of ether oxygens (including phenoxy) is 2. The van der Waals surface area contributed by atoms with Gasteiger partial charge < -0.3 is 30.2 Å². The Bertz CT molecular complexity index is 1620. The van der Waals surface area contributed by atoms with Gasteiger partial charge >= 0.3 is 11.9 Å². The molecule has 2 aliphatic rings. The summed E-state index contributed by atoms with van der Waals surface area (Å²) in [5, 5.41) is 14.0. The smallest absolute Gasteiger partial charge is 0.354 e. The lowest BCUT2D eigenvalue weighted by atomic mass is 9.86. The van der Waals surface area contributed by atoms with Crippen LogP contribution in [0, 0.1) is 0 Å². The second kappa shape index (κ2) is 8.56. The van der Waals surface area contributed by atoms with Gasteiger partial charge in [0.25, 0.3) is 5.56 Å². The van der Waals surface area contributed by atoms with Crippen LogP contribution >= 0.6 is 0 Å². The van der Waals surface area contributed by atoms with Gasteiger partial charge in [-0.15, -0.1) is 0 Å². The molecular formula is C26H24N4O7.